The van der Waals surface area contributed by atoms with E-state index in [1.807, 2.05) is 18.2 Å². The van der Waals surface area contributed by atoms with E-state index in [9.17, 15) is 20.1 Å². The van der Waals surface area contributed by atoms with Gasteiger partial charge in [-0.15, -0.1) is 0 Å². The largest absolute Gasteiger partial charge is 1.00 e. The fourth-order valence-electron chi connectivity index (χ4n) is 4.58. The first kappa shape index (κ1) is 26.1. The van der Waals surface area contributed by atoms with Crippen molar-refractivity contribution in [2.45, 2.75) is 76.2 Å². The summed E-state index contributed by atoms with van der Waals surface area (Å²) in [5.41, 5.74) is 9.71. The van der Waals surface area contributed by atoms with E-state index >= 15 is 0 Å². The van der Waals surface area contributed by atoms with E-state index in [4.69, 9.17) is 15.2 Å². The van der Waals surface area contributed by atoms with Gasteiger partial charge in [0.1, 0.15) is 24.9 Å². The van der Waals surface area contributed by atoms with Gasteiger partial charge >= 0.3 is 0 Å². The monoisotopic (exact) mass is 548 g/mol. The van der Waals surface area contributed by atoms with Crippen molar-refractivity contribution in [3.63, 3.8) is 0 Å². The minimum Gasteiger partial charge on any atom is -1.00 e. The van der Waals surface area contributed by atoms with Crippen LogP contribution in [0.3, 0.4) is 0 Å². The predicted molar refractivity (Wildman–Crippen MR) is 111 cm³/mol. The standard InChI is InChI=1S/C22H32N2O6.HI/c1-6-24-11(2)22(3,4)14-9-12(7-8-15(14)24)13(20(23)28)10-16-17(25)18(26)19(27)21(29-5)30-16;/h7-9,13,16-19,21,25-27H,6,10H2,1-5H3,(H-,23,28);1H. The van der Waals surface area contributed by atoms with E-state index in [1.165, 1.54) is 12.8 Å². The minimum atomic E-state index is -1.45. The molecule has 0 spiro atoms. The van der Waals surface area contributed by atoms with Gasteiger partial charge in [0.25, 0.3) is 0 Å². The van der Waals surface area contributed by atoms with Crippen molar-refractivity contribution >= 4 is 17.3 Å². The Kier molecular flexibility index (Phi) is 8.26. The number of hydrogen-bond acceptors (Lipinski definition) is 6. The summed E-state index contributed by atoms with van der Waals surface area (Å²) < 4.78 is 12.9. The number of nitrogens with zero attached hydrogens (tertiary/aromatic N) is 1. The first-order valence-corrected chi connectivity index (χ1v) is 10.3. The number of nitrogens with two attached hydrogens (primary N) is 1. The lowest BCUT2D eigenvalue weighted by atomic mass is 9.79. The van der Waals surface area contributed by atoms with E-state index in [1.54, 1.807) is 0 Å². The Balaban J connectivity index is 0.00000341. The summed E-state index contributed by atoms with van der Waals surface area (Å²) in [7, 11) is 1.34. The van der Waals surface area contributed by atoms with Gasteiger partial charge in [0, 0.05) is 25.7 Å². The van der Waals surface area contributed by atoms with Crippen molar-refractivity contribution in [2.75, 3.05) is 13.7 Å². The molecule has 1 aromatic carbocycles. The Morgan fingerprint density at radius 1 is 1.26 bits per heavy atom. The van der Waals surface area contributed by atoms with Gasteiger partial charge in [0.2, 0.25) is 11.6 Å². The molecule has 0 saturated carbocycles. The number of methoxy groups -OCH3 is 1. The lowest BCUT2D eigenvalue weighted by Crippen LogP contribution is -3.00. The van der Waals surface area contributed by atoms with Crippen LogP contribution in [0.4, 0.5) is 5.69 Å². The van der Waals surface area contributed by atoms with Crippen LogP contribution < -0.4 is 29.7 Å². The number of aliphatic hydroxyl groups is 3. The third-order valence-corrected chi connectivity index (χ3v) is 6.72. The molecule has 1 aromatic rings. The van der Waals surface area contributed by atoms with Gasteiger partial charge in [-0.3, -0.25) is 4.79 Å². The van der Waals surface area contributed by atoms with E-state index in [-0.39, 0.29) is 35.8 Å². The summed E-state index contributed by atoms with van der Waals surface area (Å²) >= 11 is 0. The van der Waals surface area contributed by atoms with Crippen molar-refractivity contribution in [3.05, 3.63) is 29.3 Å². The number of fused-ring (bicyclic) bond motifs is 1. The first-order chi connectivity index (χ1) is 14.0. The molecular formula is C22H33IN2O6. The number of amides is 1. The van der Waals surface area contributed by atoms with E-state index in [0.29, 0.717) is 0 Å². The molecule has 9 heteroatoms. The molecule has 1 amide bonds. The molecule has 174 valence electrons. The minimum absolute atomic E-state index is 0. The Hall–Kier alpha value is -1.11. The lowest BCUT2D eigenvalue weighted by molar-refractivity contribution is -0.434. The van der Waals surface area contributed by atoms with Crippen LogP contribution >= 0.6 is 0 Å². The molecule has 0 aliphatic carbocycles. The normalized spacial score (nSPS) is 30.5. The van der Waals surface area contributed by atoms with Gasteiger partial charge in [-0.1, -0.05) is 6.07 Å². The first-order valence-electron chi connectivity index (χ1n) is 10.3. The number of hydrogen-bond donors (Lipinski definition) is 4. The van der Waals surface area contributed by atoms with Crippen molar-refractivity contribution in [1.29, 1.82) is 0 Å². The fraction of sp³-hybridized carbons (Fsp3) is 0.636. The van der Waals surface area contributed by atoms with Crippen LogP contribution in [0.1, 0.15) is 51.2 Å². The number of rotatable bonds is 6. The summed E-state index contributed by atoms with van der Waals surface area (Å²) in [5.74, 6) is -1.29. The highest BCUT2D eigenvalue weighted by Gasteiger charge is 2.46. The van der Waals surface area contributed by atoms with Gasteiger partial charge in [-0.05, 0) is 38.8 Å². The van der Waals surface area contributed by atoms with Gasteiger partial charge < -0.3 is 54.5 Å². The number of benzene rings is 1. The highest BCUT2D eigenvalue weighted by atomic mass is 127. The zero-order chi connectivity index (χ0) is 22.4. The second kappa shape index (κ2) is 9.80. The van der Waals surface area contributed by atoms with Crippen LogP contribution in [-0.4, -0.2) is 75.9 Å². The maximum absolute atomic E-state index is 12.3. The maximum Gasteiger partial charge on any atom is 0.225 e. The number of carbonyl (C=O) groups excluding carboxylic acids is 1. The van der Waals surface area contributed by atoms with Crippen molar-refractivity contribution < 1.29 is 58.1 Å². The summed E-state index contributed by atoms with van der Waals surface area (Å²) in [6.45, 7) is 9.35. The smallest absolute Gasteiger partial charge is 0.225 e. The zero-order valence-electron chi connectivity index (χ0n) is 18.6. The molecule has 6 atom stereocenters. The number of halogens is 1. The fourth-order valence-corrected chi connectivity index (χ4v) is 4.58. The topological polar surface area (TPSA) is 125 Å². The predicted octanol–water partition coefficient (Wildman–Crippen LogP) is -2.48. The third kappa shape index (κ3) is 4.53. The molecule has 2 aliphatic heterocycles. The maximum atomic E-state index is 12.3. The second-order valence-electron chi connectivity index (χ2n) is 8.67. The molecule has 2 heterocycles. The van der Waals surface area contributed by atoms with E-state index in [2.05, 4.69) is 32.3 Å². The average molecular weight is 548 g/mol. The van der Waals surface area contributed by atoms with E-state index < -0.39 is 42.5 Å². The molecule has 2 aliphatic rings. The molecule has 31 heavy (non-hydrogen) atoms. The number of primary amides is 1. The Bertz CT molecular complexity index is 856. The van der Waals surface area contributed by atoms with Crippen LogP contribution in [0.25, 0.3) is 0 Å². The second-order valence-corrected chi connectivity index (χ2v) is 8.67. The number of carbonyl (C=O) groups is 1. The highest BCUT2D eigenvalue weighted by molar-refractivity contribution is 5.93. The Morgan fingerprint density at radius 3 is 2.45 bits per heavy atom. The van der Waals surface area contributed by atoms with Crippen LogP contribution in [0.15, 0.2) is 18.2 Å². The third-order valence-electron chi connectivity index (χ3n) is 6.72. The molecule has 1 saturated heterocycles. The molecule has 0 aromatic heterocycles. The Labute approximate surface area is 200 Å². The molecule has 3 rings (SSSR count). The molecule has 0 bridgehead atoms. The molecule has 1 fully saturated rings. The van der Waals surface area contributed by atoms with Crippen LogP contribution in [0, 0.1) is 0 Å². The quantitative estimate of drug-likeness (QED) is 0.231. The van der Waals surface area contributed by atoms with E-state index in [0.717, 1.165) is 23.4 Å². The molecule has 0 radical (unpaired) electrons. The molecule has 8 nitrogen and oxygen atoms in total. The summed E-state index contributed by atoms with van der Waals surface area (Å²) in [4.78, 5) is 12.3. The van der Waals surface area contributed by atoms with Gasteiger partial charge in [-0.25, -0.2) is 0 Å². The SMILES string of the molecule is CC[N+]1=C(C)C(C)(C)c2cc(C(CC3OC(OC)C(O)C(O)C3O)C(N)=O)ccc21.[I-]. The zero-order valence-corrected chi connectivity index (χ0v) is 20.7. The van der Waals surface area contributed by atoms with Crippen molar-refractivity contribution in [1.82, 2.24) is 0 Å². The van der Waals surface area contributed by atoms with Gasteiger partial charge in [-0.2, -0.15) is 4.58 Å². The Morgan fingerprint density at radius 2 is 1.90 bits per heavy atom. The van der Waals surface area contributed by atoms with Gasteiger partial charge in [0.05, 0.1) is 17.4 Å². The summed E-state index contributed by atoms with van der Waals surface area (Å²) in [5, 5.41) is 30.5. The van der Waals surface area contributed by atoms with Gasteiger partial charge in [0.15, 0.2) is 12.0 Å². The average Bonchev–Trinajstić information content (AvgIpc) is 2.90. The summed E-state index contributed by atoms with van der Waals surface area (Å²) in [6.07, 6.45) is -6.17. The lowest BCUT2D eigenvalue weighted by Gasteiger charge is -2.40. The van der Waals surface area contributed by atoms with Crippen LogP contribution in [0.5, 0.6) is 0 Å². The van der Waals surface area contributed by atoms with Crippen molar-refractivity contribution in [2.24, 2.45) is 5.73 Å². The highest BCUT2D eigenvalue weighted by Crippen LogP contribution is 2.41. The van der Waals surface area contributed by atoms with Crippen molar-refractivity contribution in [3.8, 4) is 0 Å². The van der Waals surface area contributed by atoms with Crippen LogP contribution in [-0.2, 0) is 19.7 Å². The number of ether oxygens (including phenoxy) is 2. The number of aliphatic hydroxyl groups excluding tert-OH is 3. The molecular weight excluding hydrogens is 515 g/mol. The molecule has 6 unspecified atom stereocenters. The molecule has 5 N–H and O–H groups in total. The van der Waals surface area contributed by atoms with Crippen LogP contribution in [0.2, 0.25) is 0 Å². The summed E-state index contributed by atoms with van der Waals surface area (Å²) in [6, 6.07) is 5.87.